The summed E-state index contributed by atoms with van der Waals surface area (Å²) < 4.78 is 53.9. The van der Waals surface area contributed by atoms with Gasteiger partial charge in [-0.3, -0.25) is 4.79 Å². The van der Waals surface area contributed by atoms with Crippen LogP contribution < -0.4 is 10.1 Å². The second-order valence-corrected chi connectivity index (χ2v) is 10.7. The molecule has 144 valence electrons. The van der Waals surface area contributed by atoms with Crippen molar-refractivity contribution in [2.75, 3.05) is 23.9 Å². The Hall–Kier alpha value is -2.39. The minimum Gasteiger partial charge on any atom is -0.495 e. The quantitative estimate of drug-likeness (QED) is 0.808. The van der Waals surface area contributed by atoms with E-state index in [1.807, 2.05) is 0 Å². The van der Waals surface area contributed by atoms with Gasteiger partial charge in [-0.2, -0.15) is 0 Å². The van der Waals surface area contributed by atoms with Crippen molar-refractivity contribution in [3.05, 3.63) is 54.1 Å². The second-order valence-electron chi connectivity index (χ2n) is 6.25. The van der Waals surface area contributed by atoms with Crippen LogP contribution in [0, 0.1) is 0 Å². The van der Waals surface area contributed by atoms with E-state index in [9.17, 15) is 21.6 Å². The topological polar surface area (TPSA) is 107 Å². The number of methoxy groups -OCH3 is 1. The molecule has 2 aromatic carbocycles. The molecule has 1 N–H and O–H groups in total. The Balaban J connectivity index is 1.86. The Bertz CT molecular complexity index is 1080. The Morgan fingerprint density at radius 2 is 1.89 bits per heavy atom. The van der Waals surface area contributed by atoms with Gasteiger partial charge < -0.3 is 10.1 Å². The Kier molecular flexibility index (Phi) is 5.25. The summed E-state index contributed by atoms with van der Waals surface area (Å²) in [4.78, 5) is 12.5. The molecule has 0 aromatic heterocycles. The molecule has 0 spiro atoms. The fourth-order valence-corrected chi connectivity index (χ4v) is 7.36. The third-order valence-electron chi connectivity index (χ3n) is 4.41. The van der Waals surface area contributed by atoms with Gasteiger partial charge in [-0.1, -0.05) is 18.2 Å². The van der Waals surface area contributed by atoms with Gasteiger partial charge in [-0.25, -0.2) is 16.8 Å². The molecule has 1 saturated heterocycles. The lowest BCUT2D eigenvalue weighted by Crippen LogP contribution is -2.23. The van der Waals surface area contributed by atoms with Crippen LogP contribution in [0.25, 0.3) is 0 Å². The predicted molar refractivity (Wildman–Crippen MR) is 102 cm³/mol. The van der Waals surface area contributed by atoms with Gasteiger partial charge in [0.25, 0.3) is 5.91 Å². The molecule has 3 rings (SSSR count). The number of amides is 1. The van der Waals surface area contributed by atoms with E-state index in [1.165, 1.54) is 31.4 Å². The summed E-state index contributed by atoms with van der Waals surface area (Å²) >= 11 is 0. The fourth-order valence-electron chi connectivity index (χ4n) is 2.95. The Morgan fingerprint density at radius 3 is 2.56 bits per heavy atom. The number of para-hydroxylation sites is 2. The molecule has 0 unspecified atom stereocenters. The van der Waals surface area contributed by atoms with Crippen molar-refractivity contribution in [2.24, 2.45) is 0 Å². The lowest BCUT2D eigenvalue weighted by atomic mass is 10.2. The summed E-state index contributed by atoms with van der Waals surface area (Å²) in [5, 5.41) is 1.71. The molecular formula is C18H19NO6S2. The zero-order chi connectivity index (χ0) is 19.7. The summed E-state index contributed by atoms with van der Waals surface area (Å²) in [7, 11) is -5.69. The number of ether oxygens (including phenoxy) is 1. The largest absolute Gasteiger partial charge is 0.495 e. The van der Waals surface area contributed by atoms with Crippen LogP contribution >= 0.6 is 0 Å². The van der Waals surface area contributed by atoms with Crippen molar-refractivity contribution in [1.82, 2.24) is 0 Å². The monoisotopic (exact) mass is 409 g/mol. The van der Waals surface area contributed by atoms with Crippen LogP contribution in [0.15, 0.2) is 53.4 Å². The van der Waals surface area contributed by atoms with Crippen LogP contribution in [0.1, 0.15) is 16.8 Å². The van der Waals surface area contributed by atoms with Crippen LogP contribution in [0.3, 0.4) is 0 Å². The first-order valence-corrected chi connectivity index (χ1v) is 11.6. The number of hydrogen-bond acceptors (Lipinski definition) is 6. The second kappa shape index (κ2) is 7.32. The van der Waals surface area contributed by atoms with Gasteiger partial charge in [0.2, 0.25) is 0 Å². The molecular weight excluding hydrogens is 390 g/mol. The number of rotatable bonds is 5. The van der Waals surface area contributed by atoms with Gasteiger partial charge in [0.15, 0.2) is 19.7 Å². The van der Waals surface area contributed by atoms with E-state index in [2.05, 4.69) is 5.32 Å². The standard InChI is InChI=1S/C18H19NO6S2/c1-25-17-8-3-2-7-16(17)19-18(20)13-5-4-6-14(11-13)27(23,24)15-9-10-26(21,22)12-15/h2-8,11,15H,9-10,12H2,1H3,(H,19,20)/t15-/m0/s1. The van der Waals surface area contributed by atoms with Crippen molar-refractivity contribution < 1.29 is 26.4 Å². The first kappa shape index (κ1) is 19.4. The summed E-state index contributed by atoms with van der Waals surface area (Å²) in [6.07, 6.45) is 0.0717. The van der Waals surface area contributed by atoms with Gasteiger partial charge in [0.05, 0.1) is 34.4 Å². The van der Waals surface area contributed by atoms with E-state index in [0.29, 0.717) is 11.4 Å². The third kappa shape index (κ3) is 4.14. The number of benzene rings is 2. The van der Waals surface area contributed by atoms with E-state index in [4.69, 9.17) is 4.74 Å². The van der Waals surface area contributed by atoms with Crippen LogP contribution in [0.2, 0.25) is 0 Å². The number of anilines is 1. The van der Waals surface area contributed by atoms with E-state index in [1.54, 1.807) is 24.3 Å². The molecule has 1 atom stereocenters. The number of carbonyl (C=O) groups is 1. The van der Waals surface area contributed by atoms with Gasteiger partial charge in [-0.05, 0) is 36.8 Å². The number of carbonyl (C=O) groups excluding carboxylic acids is 1. The van der Waals surface area contributed by atoms with Crippen LogP contribution in [0.4, 0.5) is 5.69 Å². The van der Waals surface area contributed by atoms with Crippen LogP contribution in [0.5, 0.6) is 5.75 Å². The van der Waals surface area contributed by atoms with Gasteiger partial charge in [0, 0.05) is 5.56 Å². The van der Waals surface area contributed by atoms with E-state index < -0.39 is 30.8 Å². The molecule has 1 fully saturated rings. The molecule has 7 nitrogen and oxygen atoms in total. The Morgan fingerprint density at radius 1 is 1.15 bits per heavy atom. The maximum atomic E-state index is 12.7. The molecule has 2 aromatic rings. The van der Waals surface area contributed by atoms with Crippen molar-refractivity contribution in [2.45, 2.75) is 16.6 Å². The zero-order valence-corrected chi connectivity index (χ0v) is 16.2. The van der Waals surface area contributed by atoms with Gasteiger partial charge in [-0.15, -0.1) is 0 Å². The van der Waals surface area contributed by atoms with E-state index in [0.717, 1.165) is 0 Å². The SMILES string of the molecule is COc1ccccc1NC(=O)c1cccc(S(=O)(=O)[C@H]2CCS(=O)(=O)C2)c1. The average Bonchev–Trinajstić information content (AvgIpc) is 3.03. The lowest BCUT2D eigenvalue weighted by Gasteiger charge is -2.12. The summed E-state index contributed by atoms with van der Waals surface area (Å²) in [6, 6.07) is 12.5. The first-order valence-electron chi connectivity index (χ1n) is 8.22. The Labute approximate surface area is 158 Å². The van der Waals surface area contributed by atoms with E-state index >= 15 is 0 Å². The molecule has 1 aliphatic rings. The highest BCUT2D eigenvalue weighted by Crippen LogP contribution is 2.27. The predicted octanol–water partition coefficient (Wildman–Crippen LogP) is 1.91. The van der Waals surface area contributed by atoms with Crippen molar-refractivity contribution in [1.29, 1.82) is 0 Å². The first-order chi connectivity index (χ1) is 12.7. The smallest absolute Gasteiger partial charge is 0.255 e. The molecule has 1 heterocycles. The third-order valence-corrected chi connectivity index (χ3v) is 8.58. The van der Waals surface area contributed by atoms with Crippen molar-refractivity contribution in [3.63, 3.8) is 0 Å². The minimum absolute atomic E-state index is 0.0581. The van der Waals surface area contributed by atoms with Gasteiger partial charge in [0.1, 0.15) is 5.75 Å². The summed E-state index contributed by atoms with van der Waals surface area (Å²) in [6.45, 7) is 0. The highest BCUT2D eigenvalue weighted by atomic mass is 32.2. The maximum absolute atomic E-state index is 12.7. The normalized spacial score (nSPS) is 18.8. The molecule has 27 heavy (non-hydrogen) atoms. The fraction of sp³-hybridized carbons (Fsp3) is 0.278. The minimum atomic E-state index is -3.84. The molecule has 0 saturated carbocycles. The molecule has 1 aliphatic heterocycles. The number of sulfone groups is 2. The van der Waals surface area contributed by atoms with Crippen LogP contribution in [-0.4, -0.2) is 46.6 Å². The number of nitrogens with one attached hydrogen (secondary N) is 1. The highest BCUT2D eigenvalue weighted by Gasteiger charge is 2.38. The highest BCUT2D eigenvalue weighted by molar-refractivity contribution is 7.96. The van der Waals surface area contributed by atoms with Gasteiger partial charge >= 0.3 is 0 Å². The average molecular weight is 409 g/mol. The molecule has 0 aliphatic carbocycles. The summed E-state index contributed by atoms with van der Waals surface area (Å²) in [5.41, 5.74) is 0.614. The van der Waals surface area contributed by atoms with Crippen LogP contribution in [-0.2, 0) is 19.7 Å². The van der Waals surface area contributed by atoms with E-state index in [-0.39, 0.29) is 28.4 Å². The molecule has 9 heteroatoms. The van der Waals surface area contributed by atoms with Crippen molar-refractivity contribution >= 4 is 31.3 Å². The molecule has 1 amide bonds. The molecule has 0 bridgehead atoms. The number of hydrogen-bond donors (Lipinski definition) is 1. The van der Waals surface area contributed by atoms with Crippen molar-refractivity contribution in [3.8, 4) is 5.75 Å². The summed E-state index contributed by atoms with van der Waals surface area (Å²) in [5.74, 6) is -0.529. The lowest BCUT2D eigenvalue weighted by molar-refractivity contribution is 0.102. The maximum Gasteiger partial charge on any atom is 0.255 e. The molecule has 0 radical (unpaired) electrons. The zero-order valence-electron chi connectivity index (χ0n) is 14.6.